The lowest BCUT2D eigenvalue weighted by Crippen LogP contribution is -2.14. The van der Waals surface area contributed by atoms with Crippen molar-refractivity contribution in [3.05, 3.63) is 47.3 Å². The molecule has 0 unspecified atom stereocenters. The number of nitrogen functional groups attached to an aromatic ring is 1. The smallest absolute Gasteiger partial charge is 0.158 e. The van der Waals surface area contributed by atoms with Gasteiger partial charge in [-0.25, -0.2) is 4.68 Å². The van der Waals surface area contributed by atoms with Crippen LogP contribution in [0.25, 0.3) is 0 Å². The van der Waals surface area contributed by atoms with Crippen LogP contribution >= 0.6 is 0 Å². The summed E-state index contributed by atoms with van der Waals surface area (Å²) in [6.45, 7) is 2.67. The highest BCUT2D eigenvalue weighted by atomic mass is 15.3. The summed E-state index contributed by atoms with van der Waals surface area (Å²) in [7, 11) is 0. The molecule has 1 aromatic heterocycles. The van der Waals surface area contributed by atoms with E-state index in [1.54, 1.807) is 0 Å². The fraction of sp³-hybridized carbons (Fsp3) is 0.167. The van der Waals surface area contributed by atoms with E-state index in [9.17, 15) is 0 Å². The molecule has 0 amide bonds. The number of hydrogen-bond acceptors (Lipinski definition) is 3. The van der Waals surface area contributed by atoms with E-state index in [1.165, 1.54) is 0 Å². The minimum atomic E-state index is 0.685. The van der Waals surface area contributed by atoms with Gasteiger partial charge in [0.1, 0.15) is 0 Å². The van der Waals surface area contributed by atoms with E-state index in [4.69, 9.17) is 5.73 Å². The molecule has 2 heterocycles. The molecule has 80 valence electrons. The Morgan fingerprint density at radius 2 is 2.12 bits per heavy atom. The average molecular weight is 212 g/mol. The topological polar surface area (TPSA) is 56.2 Å². The second kappa shape index (κ2) is 3.20. The van der Waals surface area contributed by atoms with E-state index in [1.807, 2.05) is 35.9 Å². The van der Waals surface area contributed by atoms with Gasteiger partial charge in [0.15, 0.2) is 5.84 Å². The molecule has 0 saturated carbocycles. The van der Waals surface area contributed by atoms with Crippen molar-refractivity contribution in [2.24, 2.45) is 4.99 Å². The van der Waals surface area contributed by atoms with Crippen LogP contribution in [0.3, 0.4) is 0 Å². The number of aliphatic imine (C=N–C) groups is 1. The molecule has 1 aliphatic rings. The highest BCUT2D eigenvalue weighted by molar-refractivity contribution is 6.05. The molecule has 0 spiro atoms. The largest absolute Gasteiger partial charge is 0.398 e. The fourth-order valence-corrected chi connectivity index (χ4v) is 1.97. The van der Waals surface area contributed by atoms with Gasteiger partial charge in [0.2, 0.25) is 0 Å². The van der Waals surface area contributed by atoms with Gasteiger partial charge in [-0.3, -0.25) is 4.99 Å². The quantitative estimate of drug-likeness (QED) is 0.730. The Hall–Kier alpha value is -2.10. The van der Waals surface area contributed by atoms with Crippen LogP contribution in [0.4, 0.5) is 5.69 Å². The predicted octanol–water partition coefficient (Wildman–Crippen LogP) is 1.58. The molecule has 0 bridgehead atoms. The standard InChI is InChI=1S/C12H12N4/c1-8-6-9-7-14-12(16(9)15-8)10-4-2-3-5-11(10)13/h2-6H,7,13H2,1H3. The molecule has 0 radical (unpaired) electrons. The average Bonchev–Trinajstić information content (AvgIpc) is 2.78. The molecule has 2 N–H and O–H groups in total. The number of benzene rings is 1. The molecule has 1 aliphatic heterocycles. The summed E-state index contributed by atoms with van der Waals surface area (Å²) in [6.07, 6.45) is 0. The lowest BCUT2D eigenvalue weighted by molar-refractivity contribution is 0.894. The molecule has 4 nitrogen and oxygen atoms in total. The summed E-state index contributed by atoms with van der Waals surface area (Å²) in [5.74, 6) is 0.848. The van der Waals surface area contributed by atoms with Crippen molar-refractivity contribution in [3.63, 3.8) is 0 Å². The first-order chi connectivity index (χ1) is 7.75. The Bertz CT molecular complexity index is 580. The molecule has 16 heavy (non-hydrogen) atoms. The van der Waals surface area contributed by atoms with Crippen molar-refractivity contribution in [3.8, 4) is 0 Å². The number of hydrogen-bond donors (Lipinski definition) is 1. The van der Waals surface area contributed by atoms with Crippen LogP contribution in [0, 0.1) is 6.92 Å². The van der Waals surface area contributed by atoms with Gasteiger partial charge in [-0.15, -0.1) is 0 Å². The number of aryl methyl sites for hydroxylation is 1. The maximum Gasteiger partial charge on any atom is 0.158 e. The molecule has 4 heteroatoms. The zero-order chi connectivity index (χ0) is 11.1. The number of anilines is 1. The Morgan fingerprint density at radius 1 is 1.31 bits per heavy atom. The van der Waals surface area contributed by atoms with E-state index in [2.05, 4.69) is 16.2 Å². The van der Waals surface area contributed by atoms with Crippen LogP contribution in [0.2, 0.25) is 0 Å². The van der Waals surface area contributed by atoms with Crippen LogP contribution in [0.1, 0.15) is 17.0 Å². The van der Waals surface area contributed by atoms with Crippen molar-refractivity contribution >= 4 is 11.5 Å². The summed E-state index contributed by atoms with van der Waals surface area (Å²) in [4.78, 5) is 4.47. The summed E-state index contributed by atoms with van der Waals surface area (Å²) < 4.78 is 1.88. The number of fused-ring (bicyclic) bond motifs is 1. The Morgan fingerprint density at radius 3 is 2.94 bits per heavy atom. The maximum atomic E-state index is 5.94. The van der Waals surface area contributed by atoms with Crippen molar-refractivity contribution in [2.75, 3.05) is 5.73 Å². The van der Waals surface area contributed by atoms with Crippen LogP contribution in [-0.2, 0) is 6.54 Å². The van der Waals surface area contributed by atoms with Crippen LogP contribution in [-0.4, -0.2) is 15.6 Å². The van der Waals surface area contributed by atoms with Gasteiger partial charge in [-0.2, -0.15) is 5.10 Å². The highest BCUT2D eigenvalue weighted by Crippen LogP contribution is 2.20. The Balaban J connectivity index is 2.14. The lowest BCUT2D eigenvalue weighted by Gasteiger charge is -2.06. The fourth-order valence-electron chi connectivity index (χ4n) is 1.97. The van der Waals surface area contributed by atoms with E-state index in [0.717, 1.165) is 28.5 Å². The third kappa shape index (κ3) is 1.23. The first kappa shape index (κ1) is 9.15. The van der Waals surface area contributed by atoms with Crippen molar-refractivity contribution < 1.29 is 0 Å². The Labute approximate surface area is 93.4 Å². The summed E-state index contributed by atoms with van der Waals surface area (Å²) >= 11 is 0. The summed E-state index contributed by atoms with van der Waals surface area (Å²) in [6, 6.07) is 9.79. The van der Waals surface area contributed by atoms with Crippen LogP contribution in [0.5, 0.6) is 0 Å². The minimum absolute atomic E-state index is 0.685. The van der Waals surface area contributed by atoms with Gasteiger partial charge in [0.25, 0.3) is 0 Å². The number of aromatic nitrogens is 2. The van der Waals surface area contributed by atoms with Gasteiger partial charge in [0.05, 0.1) is 17.9 Å². The van der Waals surface area contributed by atoms with Crippen molar-refractivity contribution in [1.29, 1.82) is 0 Å². The van der Waals surface area contributed by atoms with Gasteiger partial charge in [-0.1, -0.05) is 12.1 Å². The van der Waals surface area contributed by atoms with Crippen molar-refractivity contribution in [1.82, 2.24) is 9.78 Å². The third-order valence-electron chi connectivity index (χ3n) is 2.70. The van der Waals surface area contributed by atoms with Crippen molar-refractivity contribution in [2.45, 2.75) is 13.5 Å². The number of nitrogens with two attached hydrogens (primary N) is 1. The second-order valence-electron chi connectivity index (χ2n) is 3.92. The maximum absolute atomic E-state index is 5.94. The lowest BCUT2D eigenvalue weighted by atomic mass is 10.1. The molecule has 1 aromatic carbocycles. The highest BCUT2D eigenvalue weighted by Gasteiger charge is 2.19. The first-order valence-corrected chi connectivity index (χ1v) is 5.21. The SMILES string of the molecule is Cc1cc2n(n1)C(c1ccccc1N)=NC2. The molecule has 3 rings (SSSR count). The molecule has 0 aliphatic carbocycles. The molecule has 0 fully saturated rings. The molecular weight excluding hydrogens is 200 g/mol. The van der Waals surface area contributed by atoms with Gasteiger partial charge in [-0.05, 0) is 25.1 Å². The monoisotopic (exact) mass is 212 g/mol. The number of rotatable bonds is 1. The van der Waals surface area contributed by atoms with E-state index in [-0.39, 0.29) is 0 Å². The zero-order valence-electron chi connectivity index (χ0n) is 9.01. The minimum Gasteiger partial charge on any atom is -0.398 e. The zero-order valence-corrected chi connectivity index (χ0v) is 9.01. The van der Waals surface area contributed by atoms with Gasteiger partial charge >= 0.3 is 0 Å². The molecule has 2 aromatic rings. The van der Waals surface area contributed by atoms with Crippen LogP contribution < -0.4 is 5.73 Å². The molecule has 0 atom stereocenters. The Kier molecular flexibility index (Phi) is 1.83. The molecular formula is C12H12N4. The van der Waals surface area contributed by atoms with Gasteiger partial charge in [0, 0.05) is 11.3 Å². The summed E-state index contributed by atoms with van der Waals surface area (Å²) in [5, 5.41) is 4.42. The number of nitrogens with zero attached hydrogens (tertiary/aromatic N) is 3. The van der Waals surface area contributed by atoms with E-state index >= 15 is 0 Å². The van der Waals surface area contributed by atoms with Crippen LogP contribution in [0.15, 0.2) is 35.3 Å². The number of para-hydroxylation sites is 1. The predicted molar refractivity (Wildman–Crippen MR) is 63.5 cm³/mol. The second-order valence-corrected chi connectivity index (χ2v) is 3.92. The van der Waals surface area contributed by atoms with E-state index in [0.29, 0.717) is 6.54 Å². The van der Waals surface area contributed by atoms with E-state index < -0.39 is 0 Å². The third-order valence-corrected chi connectivity index (χ3v) is 2.70. The normalized spacial score (nSPS) is 13.7. The first-order valence-electron chi connectivity index (χ1n) is 5.21. The van der Waals surface area contributed by atoms with Gasteiger partial charge < -0.3 is 5.73 Å². The molecule has 0 saturated heterocycles. The summed E-state index contributed by atoms with van der Waals surface area (Å²) in [5.41, 5.74) is 9.76.